The van der Waals surface area contributed by atoms with Crippen molar-refractivity contribution in [1.82, 2.24) is 15.5 Å². The van der Waals surface area contributed by atoms with Crippen LogP contribution in [0.5, 0.6) is 0 Å². The molecule has 0 atom stereocenters. The minimum atomic E-state index is -3.75. The quantitative estimate of drug-likeness (QED) is 0.730. The fourth-order valence-corrected chi connectivity index (χ4v) is 5.03. The van der Waals surface area contributed by atoms with Gasteiger partial charge in [0.05, 0.1) is 0 Å². The summed E-state index contributed by atoms with van der Waals surface area (Å²) in [5.74, 6) is 0.486. The first-order valence-corrected chi connectivity index (χ1v) is 10.9. The van der Waals surface area contributed by atoms with Gasteiger partial charge in [-0.15, -0.1) is 11.0 Å². The smallest absolute Gasteiger partial charge is 0.315 e. The molecule has 2 aliphatic rings. The van der Waals surface area contributed by atoms with Crippen molar-refractivity contribution in [3.8, 4) is 0 Å². The van der Waals surface area contributed by atoms with Crippen LogP contribution in [-0.4, -0.2) is 50.9 Å². The second-order valence-electron chi connectivity index (χ2n) is 6.76. The lowest BCUT2D eigenvalue weighted by Gasteiger charge is -2.33. The van der Waals surface area contributed by atoms with Crippen LogP contribution in [0.4, 0.5) is 4.79 Å². The molecule has 0 aromatic heterocycles. The summed E-state index contributed by atoms with van der Waals surface area (Å²) in [6.45, 7) is 6.99. The maximum Gasteiger partial charge on any atom is 0.315 e. The third kappa shape index (κ3) is 4.39. The Hall–Kier alpha value is -2.32. The van der Waals surface area contributed by atoms with Crippen LogP contribution in [0.15, 0.2) is 46.9 Å². The van der Waals surface area contributed by atoms with E-state index in [0.717, 1.165) is 0 Å². The molecule has 2 aliphatic heterocycles. The van der Waals surface area contributed by atoms with Crippen LogP contribution >= 0.6 is 11.6 Å². The molecular formula is C19H23ClN4O3S. The topological polar surface area (TPSA) is 90.9 Å². The highest BCUT2D eigenvalue weighted by atomic mass is 35.5. The predicted molar refractivity (Wildman–Crippen MR) is 112 cm³/mol. The number of hydrogen-bond donors (Lipinski definition) is 2. The summed E-state index contributed by atoms with van der Waals surface area (Å²) in [7, 11) is -3.75. The summed E-state index contributed by atoms with van der Waals surface area (Å²) in [4.78, 5) is 14.0. The molecular weight excluding hydrogens is 400 g/mol. The fraction of sp³-hybridized carbons (Fsp3) is 0.368. The van der Waals surface area contributed by atoms with E-state index in [-0.39, 0.29) is 17.0 Å². The zero-order valence-corrected chi connectivity index (χ0v) is 17.2. The Morgan fingerprint density at radius 3 is 2.57 bits per heavy atom. The molecule has 0 saturated carbocycles. The first-order chi connectivity index (χ1) is 13.3. The summed E-state index contributed by atoms with van der Waals surface area (Å²) in [5, 5.41) is 6.16. The number of carbonyl (C=O) groups excluding carboxylic acids is 1. The Bertz CT molecular complexity index is 930. The molecule has 1 aromatic rings. The van der Waals surface area contributed by atoms with E-state index in [2.05, 4.69) is 21.6 Å². The molecule has 0 spiro atoms. The molecule has 1 aromatic carbocycles. The maximum absolute atomic E-state index is 12.6. The van der Waals surface area contributed by atoms with Crippen molar-refractivity contribution in [1.29, 1.82) is 0 Å². The minimum Gasteiger partial charge on any atom is -0.356 e. The molecule has 2 N–H and O–H groups in total. The molecule has 0 radical (unpaired) electrons. The molecule has 150 valence electrons. The number of piperidine rings is 1. The molecule has 28 heavy (non-hydrogen) atoms. The van der Waals surface area contributed by atoms with Gasteiger partial charge in [0, 0.05) is 36.3 Å². The highest BCUT2D eigenvalue weighted by molar-refractivity contribution is 8.00. The summed E-state index contributed by atoms with van der Waals surface area (Å²) in [6.07, 6.45) is 3.04. The molecule has 1 fully saturated rings. The fourth-order valence-electron chi connectivity index (χ4n) is 3.42. The Labute approximate surface area is 170 Å². The van der Waals surface area contributed by atoms with Crippen molar-refractivity contribution >= 4 is 38.4 Å². The number of amidine groups is 1. The van der Waals surface area contributed by atoms with E-state index in [1.807, 2.05) is 4.90 Å². The van der Waals surface area contributed by atoms with Gasteiger partial charge in [0.15, 0.2) is 0 Å². The van der Waals surface area contributed by atoms with Crippen LogP contribution in [0, 0.1) is 0 Å². The van der Waals surface area contributed by atoms with E-state index in [0.29, 0.717) is 54.5 Å². The number of likely N-dealkylation sites (tertiary alicyclic amines) is 1. The van der Waals surface area contributed by atoms with Gasteiger partial charge in [0.2, 0.25) is 0 Å². The molecule has 9 heteroatoms. The molecule has 3 rings (SSSR count). The lowest BCUT2D eigenvalue weighted by atomic mass is 10.0. The number of halogens is 1. The van der Waals surface area contributed by atoms with Gasteiger partial charge in [-0.1, -0.05) is 29.8 Å². The maximum atomic E-state index is 12.6. The SMILES string of the molecule is C=CCNC(=O)NC1CCN(C2=NS(=O)(=O)C(c3ccc(Cl)cc3)=C2C)CC1. The van der Waals surface area contributed by atoms with Crippen LogP contribution in [0.3, 0.4) is 0 Å². The highest BCUT2D eigenvalue weighted by Gasteiger charge is 2.34. The first-order valence-electron chi connectivity index (χ1n) is 9.04. The third-order valence-electron chi connectivity index (χ3n) is 4.78. The third-order valence-corrected chi connectivity index (χ3v) is 6.51. The number of hydrogen-bond acceptors (Lipinski definition) is 4. The summed E-state index contributed by atoms with van der Waals surface area (Å²) in [5.41, 5.74) is 1.22. The zero-order valence-electron chi connectivity index (χ0n) is 15.6. The second-order valence-corrected chi connectivity index (χ2v) is 8.73. The number of carbonyl (C=O) groups is 1. The minimum absolute atomic E-state index is 0.0414. The molecule has 2 heterocycles. The highest BCUT2D eigenvalue weighted by Crippen LogP contribution is 2.34. The summed E-state index contributed by atoms with van der Waals surface area (Å²) < 4.78 is 29.3. The van der Waals surface area contributed by atoms with E-state index >= 15 is 0 Å². The monoisotopic (exact) mass is 422 g/mol. The van der Waals surface area contributed by atoms with Crippen LogP contribution in [-0.2, 0) is 10.0 Å². The van der Waals surface area contributed by atoms with Gasteiger partial charge >= 0.3 is 6.03 Å². The zero-order chi connectivity index (χ0) is 20.3. The van der Waals surface area contributed by atoms with E-state index in [1.165, 1.54) is 0 Å². The van der Waals surface area contributed by atoms with Crippen LogP contribution in [0.1, 0.15) is 25.3 Å². The second kappa shape index (κ2) is 8.36. The Balaban J connectivity index is 1.70. The van der Waals surface area contributed by atoms with E-state index in [4.69, 9.17) is 11.6 Å². The average Bonchev–Trinajstić information content (AvgIpc) is 2.90. The van der Waals surface area contributed by atoms with E-state index in [1.54, 1.807) is 37.3 Å². The molecule has 7 nitrogen and oxygen atoms in total. The lowest BCUT2D eigenvalue weighted by Crippen LogP contribution is -2.49. The Kier molecular flexibility index (Phi) is 6.10. The number of urea groups is 1. The number of benzene rings is 1. The number of sulfonamides is 1. The van der Waals surface area contributed by atoms with Gasteiger partial charge in [-0.2, -0.15) is 8.42 Å². The number of nitrogens with zero attached hydrogens (tertiary/aromatic N) is 2. The number of rotatable bonds is 4. The van der Waals surface area contributed by atoms with Crippen LogP contribution < -0.4 is 10.6 Å². The summed E-state index contributed by atoms with van der Waals surface area (Å²) in [6, 6.07) is 6.53. The van der Waals surface area contributed by atoms with Crippen molar-refractivity contribution in [2.24, 2.45) is 4.40 Å². The van der Waals surface area contributed by atoms with Crippen molar-refractivity contribution in [3.63, 3.8) is 0 Å². The standard InChI is InChI=1S/C19H23ClN4O3S/c1-3-10-21-19(25)22-16-8-11-24(12-9-16)18-13(2)17(28(26,27)23-18)14-4-6-15(20)7-5-14/h3-7,16H,1,8-12H2,2H3,(H2,21,22,25). The van der Waals surface area contributed by atoms with Crippen molar-refractivity contribution < 1.29 is 13.2 Å². The van der Waals surface area contributed by atoms with Gasteiger partial charge < -0.3 is 15.5 Å². The van der Waals surface area contributed by atoms with Gasteiger partial charge in [0.25, 0.3) is 10.0 Å². The molecule has 0 unspecified atom stereocenters. The van der Waals surface area contributed by atoms with E-state index < -0.39 is 10.0 Å². The Morgan fingerprint density at radius 2 is 1.96 bits per heavy atom. The van der Waals surface area contributed by atoms with E-state index in [9.17, 15) is 13.2 Å². The largest absolute Gasteiger partial charge is 0.356 e. The molecule has 0 aliphatic carbocycles. The molecule has 1 saturated heterocycles. The van der Waals surface area contributed by atoms with Gasteiger partial charge in [-0.3, -0.25) is 0 Å². The van der Waals surface area contributed by atoms with Crippen LogP contribution in [0.2, 0.25) is 5.02 Å². The van der Waals surface area contributed by atoms with Crippen molar-refractivity contribution in [3.05, 3.63) is 53.1 Å². The van der Waals surface area contributed by atoms with Gasteiger partial charge in [-0.05, 0) is 37.5 Å². The normalized spacial score (nSPS) is 19.4. The lowest BCUT2D eigenvalue weighted by molar-refractivity contribution is 0.227. The Morgan fingerprint density at radius 1 is 1.32 bits per heavy atom. The first kappa shape index (κ1) is 20.4. The average molecular weight is 423 g/mol. The molecule has 0 bridgehead atoms. The number of amides is 2. The summed E-state index contributed by atoms with van der Waals surface area (Å²) >= 11 is 5.91. The van der Waals surface area contributed by atoms with Crippen LogP contribution in [0.25, 0.3) is 4.91 Å². The van der Waals surface area contributed by atoms with Gasteiger partial charge in [-0.25, -0.2) is 4.79 Å². The predicted octanol–water partition coefficient (Wildman–Crippen LogP) is 2.76. The van der Waals surface area contributed by atoms with Gasteiger partial charge in [0.1, 0.15) is 10.7 Å². The van der Waals surface area contributed by atoms with Crippen molar-refractivity contribution in [2.75, 3.05) is 19.6 Å². The van der Waals surface area contributed by atoms with Crippen molar-refractivity contribution in [2.45, 2.75) is 25.8 Å². The molecule has 2 amide bonds. The number of nitrogens with one attached hydrogen (secondary N) is 2.